The molecule has 0 unspecified atom stereocenters. The van der Waals surface area contributed by atoms with Gasteiger partial charge in [-0.25, -0.2) is 0 Å². The van der Waals surface area contributed by atoms with Crippen molar-refractivity contribution >= 4 is 0 Å². The molecule has 60 valence electrons. The van der Waals surface area contributed by atoms with Gasteiger partial charge in [0.25, 0.3) is 0 Å². The van der Waals surface area contributed by atoms with E-state index in [1.165, 1.54) is 0 Å². The number of nitrogens with zero attached hydrogens (tertiary/aromatic N) is 1. The largest absolute Gasteiger partial charge is 0.464 e. The topological polar surface area (TPSA) is 45.7 Å². The first-order valence-corrected chi connectivity index (χ1v) is 3.56. The van der Waals surface area contributed by atoms with Crippen molar-refractivity contribution in [2.24, 2.45) is 5.16 Å². The van der Waals surface area contributed by atoms with Gasteiger partial charge in [-0.2, -0.15) is 0 Å². The summed E-state index contributed by atoms with van der Waals surface area (Å²) in [5, 5.41) is 12.3. The highest BCUT2D eigenvalue weighted by Crippen LogP contribution is 2.15. The molecule has 0 bridgehead atoms. The zero-order valence-electron chi connectivity index (χ0n) is 6.27. The lowest BCUT2D eigenvalue weighted by molar-refractivity contribution is 0.302. The van der Waals surface area contributed by atoms with Gasteiger partial charge in [-0.1, -0.05) is 11.2 Å². The molecule has 0 spiro atoms. The Hall–Kier alpha value is -1.77. The number of benzene rings is 1. The minimum atomic E-state index is 0.525. The van der Waals surface area contributed by atoms with Gasteiger partial charge in [-0.3, -0.25) is 0 Å². The van der Waals surface area contributed by atoms with Crippen LogP contribution < -0.4 is 5.36 Å². The lowest BCUT2D eigenvalue weighted by Gasteiger charge is -2.00. The molecule has 1 heterocycles. The SMILES string of the molecule is ON=c1cccc2occcc1-2. The van der Waals surface area contributed by atoms with Crippen LogP contribution in [0.15, 0.2) is 46.2 Å². The van der Waals surface area contributed by atoms with Gasteiger partial charge < -0.3 is 9.62 Å². The van der Waals surface area contributed by atoms with Gasteiger partial charge in [-0.15, -0.1) is 0 Å². The fourth-order valence-electron chi connectivity index (χ4n) is 1.14. The Kier molecular flexibility index (Phi) is 1.55. The molecule has 1 aliphatic heterocycles. The summed E-state index contributed by atoms with van der Waals surface area (Å²) in [6.45, 7) is 0. The van der Waals surface area contributed by atoms with Crippen molar-refractivity contribution in [3.8, 4) is 11.3 Å². The van der Waals surface area contributed by atoms with Crippen LogP contribution >= 0.6 is 0 Å². The molecule has 1 aliphatic carbocycles. The van der Waals surface area contributed by atoms with Crippen LogP contribution in [0.25, 0.3) is 11.3 Å². The maximum atomic E-state index is 8.62. The molecule has 0 amide bonds. The molecule has 1 N–H and O–H groups in total. The Labute approximate surface area is 68.9 Å². The van der Waals surface area contributed by atoms with Crippen molar-refractivity contribution in [2.75, 3.05) is 0 Å². The van der Waals surface area contributed by atoms with Crippen molar-refractivity contribution in [3.05, 3.63) is 42.0 Å². The van der Waals surface area contributed by atoms with E-state index < -0.39 is 0 Å². The van der Waals surface area contributed by atoms with Gasteiger partial charge >= 0.3 is 0 Å². The third-order valence-corrected chi connectivity index (χ3v) is 1.69. The number of hydrogen-bond donors (Lipinski definition) is 1. The average Bonchev–Trinajstić information content (AvgIpc) is 2.17. The van der Waals surface area contributed by atoms with E-state index in [2.05, 4.69) is 5.16 Å². The minimum Gasteiger partial charge on any atom is -0.464 e. The van der Waals surface area contributed by atoms with Gasteiger partial charge in [0.15, 0.2) is 0 Å². The summed E-state index contributed by atoms with van der Waals surface area (Å²) in [5.74, 6) is 0.716. The monoisotopic (exact) mass is 161 g/mol. The molecule has 3 heteroatoms. The highest BCUT2D eigenvalue weighted by molar-refractivity contribution is 5.56. The van der Waals surface area contributed by atoms with Crippen LogP contribution in [0.4, 0.5) is 0 Å². The van der Waals surface area contributed by atoms with Crippen molar-refractivity contribution < 1.29 is 9.62 Å². The Bertz CT molecular complexity index is 419. The van der Waals surface area contributed by atoms with Crippen molar-refractivity contribution in [2.45, 2.75) is 0 Å². The third kappa shape index (κ3) is 0.955. The van der Waals surface area contributed by atoms with Gasteiger partial charge in [-0.05, 0) is 24.3 Å². The zero-order chi connectivity index (χ0) is 8.39. The molecule has 2 aliphatic rings. The molecule has 0 aromatic carbocycles. The maximum Gasteiger partial charge on any atom is 0.136 e. The van der Waals surface area contributed by atoms with E-state index in [9.17, 15) is 0 Å². The number of rotatable bonds is 0. The molecule has 0 saturated heterocycles. The van der Waals surface area contributed by atoms with Gasteiger partial charge in [0.1, 0.15) is 11.1 Å². The molecule has 0 fully saturated rings. The van der Waals surface area contributed by atoms with Gasteiger partial charge in [0, 0.05) is 5.56 Å². The summed E-state index contributed by atoms with van der Waals surface area (Å²) >= 11 is 0. The summed E-state index contributed by atoms with van der Waals surface area (Å²) in [6, 6.07) is 8.92. The molecule has 2 rings (SSSR count). The minimum absolute atomic E-state index is 0.525. The van der Waals surface area contributed by atoms with E-state index in [0.717, 1.165) is 5.56 Å². The van der Waals surface area contributed by atoms with E-state index in [4.69, 9.17) is 9.62 Å². The van der Waals surface area contributed by atoms with Crippen molar-refractivity contribution in [3.63, 3.8) is 0 Å². The van der Waals surface area contributed by atoms with E-state index >= 15 is 0 Å². The first-order valence-electron chi connectivity index (χ1n) is 3.56. The smallest absolute Gasteiger partial charge is 0.136 e. The summed E-state index contributed by atoms with van der Waals surface area (Å²) in [5.41, 5.74) is 0.808. The van der Waals surface area contributed by atoms with Gasteiger partial charge in [0.05, 0.1) is 6.26 Å². The highest BCUT2D eigenvalue weighted by Gasteiger charge is 2.02. The molecule has 0 atom stereocenters. The molecule has 12 heavy (non-hydrogen) atoms. The predicted octanol–water partition coefficient (Wildman–Crippen LogP) is 1.67. The van der Waals surface area contributed by atoms with Crippen molar-refractivity contribution in [1.29, 1.82) is 0 Å². The summed E-state index contributed by atoms with van der Waals surface area (Å²) in [6.07, 6.45) is 1.59. The highest BCUT2D eigenvalue weighted by atomic mass is 16.4. The number of fused-ring (bicyclic) bond motifs is 1. The van der Waals surface area contributed by atoms with Crippen LogP contribution in [0.3, 0.4) is 0 Å². The first kappa shape index (κ1) is 6.91. The lowest BCUT2D eigenvalue weighted by Crippen LogP contribution is -2.04. The van der Waals surface area contributed by atoms with Crippen LogP contribution in [0.1, 0.15) is 0 Å². The standard InChI is InChI=1S/C9H7NO2/c11-10-8-4-1-5-9-7(8)3-2-6-12-9/h1-6,11H. The van der Waals surface area contributed by atoms with Gasteiger partial charge in [0.2, 0.25) is 0 Å². The second kappa shape index (κ2) is 2.70. The van der Waals surface area contributed by atoms with Crippen molar-refractivity contribution in [1.82, 2.24) is 0 Å². The van der Waals surface area contributed by atoms with Crippen LogP contribution in [-0.4, -0.2) is 5.21 Å². The van der Waals surface area contributed by atoms with Crippen LogP contribution in [0.2, 0.25) is 0 Å². The van der Waals surface area contributed by atoms with Crippen LogP contribution in [0, 0.1) is 0 Å². The average molecular weight is 161 g/mol. The third-order valence-electron chi connectivity index (χ3n) is 1.69. The van der Waals surface area contributed by atoms with E-state index in [-0.39, 0.29) is 0 Å². The Morgan fingerprint density at radius 1 is 1.17 bits per heavy atom. The van der Waals surface area contributed by atoms with E-state index in [1.807, 2.05) is 12.1 Å². The second-order valence-corrected chi connectivity index (χ2v) is 2.40. The molecular weight excluding hydrogens is 154 g/mol. The molecule has 0 saturated carbocycles. The first-order chi connectivity index (χ1) is 5.92. The molecule has 0 radical (unpaired) electrons. The molecular formula is C9H7NO2. The van der Waals surface area contributed by atoms with E-state index in [1.54, 1.807) is 24.5 Å². The fourth-order valence-corrected chi connectivity index (χ4v) is 1.14. The molecule has 0 aromatic heterocycles. The van der Waals surface area contributed by atoms with Crippen LogP contribution in [0.5, 0.6) is 0 Å². The number of hydrogen-bond acceptors (Lipinski definition) is 3. The lowest BCUT2D eigenvalue weighted by atomic mass is 10.1. The second-order valence-electron chi connectivity index (χ2n) is 2.40. The summed E-state index contributed by atoms with van der Waals surface area (Å²) in [4.78, 5) is 0. The molecule has 3 nitrogen and oxygen atoms in total. The fraction of sp³-hybridized carbons (Fsp3) is 0. The predicted molar refractivity (Wildman–Crippen MR) is 42.7 cm³/mol. The Morgan fingerprint density at radius 2 is 2.08 bits per heavy atom. The zero-order valence-corrected chi connectivity index (χ0v) is 6.27. The Morgan fingerprint density at radius 3 is 2.92 bits per heavy atom. The van der Waals surface area contributed by atoms with Crippen LogP contribution in [-0.2, 0) is 0 Å². The Balaban J connectivity index is 2.87. The maximum absolute atomic E-state index is 8.62. The summed E-state index contributed by atoms with van der Waals surface area (Å²) < 4.78 is 5.18. The summed E-state index contributed by atoms with van der Waals surface area (Å²) in [7, 11) is 0. The normalized spacial score (nSPS) is 12.2. The molecule has 0 aromatic rings. The van der Waals surface area contributed by atoms with E-state index in [0.29, 0.717) is 11.1 Å². The quantitative estimate of drug-likeness (QED) is 0.472.